The van der Waals surface area contributed by atoms with Crippen molar-refractivity contribution in [2.45, 2.75) is 52.8 Å². The van der Waals surface area contributed by atoms with Crippen molar-refractivity contribution in [3.63, 3.8) is 0 Å². The van der Waals surface area contributed by atoms with Crippen molar-refractivity contribution in [2.75, 3.05) is 6.54 Å². The third kappa shape index (κ3) is 4.33. The number of nitrogens with zero attached hydrogens (tertiary/aromatic N) is 1. The smallest absolute Gasteiger partial charge is 0.392 e. The fraction of sp³-hybridized carbons (Fsp3) is 0.833. The number of thiocarbonyl (C=S) groups is 1. The molecule has 0 aliphatic carbocycles. The lowest BCUT2D eigenvalue weighted by atomic mass is 9.80. The number of carbonyl (C=O) groups is 1. The summed E-state index contributed by atoms with van der Waals surface area (Å²) in [6.07, 6.45) is -3.86. The summed E-state index contributed by atoms with van der Waals surface area (Å²) in [5.74, 6) is -0.641. The molecule has 0 aliphatic heterocycles. The van der Waals surface area contributed by atoms with Gasteiger partial charge in [0.05, 0.1) is 10.4 Å². The molecule has 0 saturated carbocycles. The van der Waals surface area contributed by atoms with E-state index in [0.29, 0.717) is 12.8 Å². The number of hydrogen-bond acceptors (Lipinski definition) is 2. The Morgan fingerprint density at radius 2 is 1.68 bits per heavy atom. The van der Waals surface area contributed by atoms with Gasteiger partial charge in [-0.05, 0) is 26.7 Å². The molecule has 0 aromatic carbocycles. The standard InChI is InChI=1S/C12H21F3N2OS/c1-5-11(6-2,9(16)19)10(18)17(8(3)4)7-12(13,14)15/h8H,5-7H2,1-4H3,(H2,16,19). The summed E-state index contributed by atoms with van der Waals surface area (Å²) in [7, 11) is 0. The third-order valence-electron chi connectivity index (χ3n) is 3.32. The van der Waals surface area contributed by atoms with Crippen LogP contribution >= 0.6 is 12.2 Å². The summed E-state index contributed by atoms with van der Waals surface area (Å²) in [6.45, 7) is 5.20. The maximum atomic E-state index is 12.6. The molecule has 0 spiro atoms. The van der Waals surface area contributed by atoms with Gasteiger partial charge in [-0.15, -0.1) is 0 Å². The molecule has 0 bridgehead atoms. The van der Waals surface area contributed by atoms with Crippen molar-refractivity contribution in [1.82, 2.24) is 4.90 Å². The molecule has 0 rings (SSSR count). The van der Waals surface area contributed by atoms with Crippen molar-refractivity contribution in [3.05, 3.63) is 0 Å². The van der Waals surface area contributed by atoms with E-state index in [2.05, 4.69) is 0 Å². The minimum atomic E-state index is -4.44. The lowest BCUT2D eigenvalue weighted by molar-refractivity contribution is -0.169. The van der Waals surface area contributed by atoms with Gasteiger partial charge in [0.25, 0.3) is 0 Å². The van der Waals surface area contributed by atoms with Crippen LogP contribution < -0.4 is 5.73 Å². The monoisotopic (exact) mass is 298 g/mol. The Labute approximate surface area is 117 Å². The van der Waals surface area contributed by atoms with Gasteiger partial charge in [-0.1, -0.05) is 26.1 Å². The van der Waals surface area contributed by atoms with E-state index in [1.165, 1.54) is 0 Å². The highest BCUT2D eigenvalue weighted by atomic mass is 32.1. The molecule has 1 amide bonds. The Bertz CT molecular complexity index is 338. The number of carbonyl (C=O) groups excluding carboxylic acids is 1. The molecule has 0 fully saturated rings. The van der Waals surface area contributed by atoms with E-state index in [1.54, 1.807) is 27.7 Å². The number of alkyl halides is 3. The van der Waals surface area contributed by atoms with Crippen LogP contribution in [0.1, 0.15) is 40.5 Å². The van der Waals surface area contributed by atoms with Gasteiger partial charge in [0.15, 0.2) is 0 Å². The van der Waals surface area contributed by atoms with E-state index >= 15 is 0 Å². The Hall–Kier alpha value is -0.850. The van der Waals surface area contributed by atoms with Crippen LogP contribution in [-0.4, -0.2) is 34.6 Å². The number of nitrogens with two attached hydrogens (primary N) is 1. The predicted molar refractivity (Wildman–Crippen MR) is 72.7 cm³/mol. The van der Waals surface area contributed by atoms with E-state index in [4.69, 9.17) is 18.0 Å². The largest absolute Gasteiger partial charge is 0.406 e. The van der Waals surface area contributed by atoms with Gasteiger partial charge >= 0.3 is 6.18 Å². The van der Waals surface area contributed by atoms with Crippen LogP contribution in [0.5, 0.6) is 0 Å². The summed E-state index contributed by atoms with van der Waals surface area (Å²) in [6, 6.07) is -0.569. The molecule has 0 unspecified atom stereocenters. The van der Waals surface area contributed by atoms with Crippen LogP contribution in [-0.2, 0) is 4.79 Å². The minimum absolute atomic E-state index is 0.0460. The molecule has 0 heterocycles. The molecule has 0 aromatic heterocycles. The molecule has 0 aromatic rings. The van der Waals surface area contributed by atoms with Crippen LogP contribution in [0.25, 0.3) is 0 Å². The first kappa shape index (κ1) is 18.1. The van der Waals surface area contributed by atoms with Crippen LogP contribution in [0, 0.1) is 5.41 Å². The second-order valence-corrected chi connectivity index (χ2v) is 5.24. The van der Waals surface area contributed by atoms with Crippen LogP contribution in [0.15, 0.2) is 0 Å². The molecule has 19 heavy (non-hydrogen) atoms. The normalized spacial score (nSPS) is 12.6. The number of hydrogen-bond donors (Lipinski definition) is 1. The van der Waals surface area contributed by atoms with Gasteiger partial charge in [0.1, 0.15) is 6.54 Å². The summed E-state index contributed by atoms with van der Waals surface area (Å²) in [4.78, 5) is 13.2. The highest BCUT2D eigenvalue weighted by Gasteiger charge is 2.44. The second-order valence-electron chi connectivity index (χ2n) is 4.80. The zero-order valence-electron chi connectivity index (χ0n) is 11.7. The van der Waals surface area contributed by atoms with Crippen molar-refractivity contribution in [3.8, 4) is 0 Å². The fourth-order valence-corrected chi connectivity index (χ4v) is 2.34. The first-order chi connectivity index (χ1) is 8.51. The van der Waals surface area contributed by atoms with Crippen molar-refractivity contribution < 1.29 is 18.0 Å². The van der Waals surface area contributed by atoms with Gasteiger partial charge in [0, 0.05) is 6.04 Å². The maximum Gasteiger partial charge on any atom is 0.406 e. The molecule has 0 atom stereocenters. The first-order valence-corrected chi connectivity index (χ1v) is 6.60. The number of rotatable bonds is 6. The van der Waals surface area contributed by atoms with Crippen molar-refractivity contribution in [1.29, 1.82) is 0 Å². The molecule has 0 radical (unpaired) electrons. The Kier molecular flexibility index (Phi) is 6.25. The van der Waals surface area contributed by atoms with Gasteiger partial charge in [-0.25, -0.2) is 0 Å². The average Bonchev–Trinajstić information content (AvgIpc) is 2.26. The lowest BCUT2D eigenvalue weighted by Gasteiger charge is -2.37. The molecule has 7 heteroatoms. The van der Waals surface area contributed by atoms with Crippen LogP contribution in [0.4, 0.5) is 13.2 Å². The third-order valence-corrected chi connectivity index (χ3v) is 3.71. The molecule has 0 saturated heterocycles. The number of amides is 1. The number of halogens is 3. The van der Waals surface area contributed by atoms with Gasteiger partial charge in [-0.3, -0.25) is 4.79 Å². The predicted octanol–water partition coefficient (Wildman–Crippen LogP) is 2.88. The topological polar surface area (TPSA) is 46.3 Å². The SMILES string of the molecule is CCC(CC)(C(=O)N(CC(F)(F)F)C(C)C)C(N)=S. The van der Waals surface area contributed by atoms with E-state index < -0.39 is 30.1 Å². The zero-order valence-corrected chi connectivity index (χ0v) is 12.5. The van der Waals surface area contributed by atoms with Crippen molar-refractivity contribution >= 4 is 23.1 Å². The fourth-order valence-electron chi connectivity index (χ4n) is 1.96. The van der Waals surface area contributed by atoms with Gasteiger partial charge in [0.2, 0.25) is 5.91 Å². The second kappa shape index (κ2) is 6.54. The van der Waals surface area contributed by atoms with E-state index in [-0.39, 0.29) is 4.99 Å². The molecular formula is C12H21F3N2OS. The Balaban J connectivity index is 5.45. The van der Waals surface area contributed by atoms with Gasteiger partial charge in [-0.2, -0.15) is 13.2 Å². The van der Waals surface area contributed by atoms with Crippen LogP contribution in [0.3, 0.4) is 0 Å². The highest BCUT2D eigenvalue weighted by Crippen LogP contribution is 2.32. The highest BCUT2D eigenvalue weighted by molar-refractivity contribution is 7.80. The summed E-state index contributed by atoms with van der Waals surface area (Å²) in [5.41, 5.74) is 4.41. The quantitative estimate of drug-likeness (QED) is 0.767. The summed E-state index contributed by atoms with van der Waals surface area (Å²) in [5, 5.41) is 0. The van der Waals surface area contributed by atoms with E-state index in [1.807, 2.05) is 0 Å². The average molecular weight is 298 g/mol. The maximum absolute atomic E-state index is 12.6. The summed E-state index contributed by atoms with van der Waals surface area (Å²) >= 11 is 4.90. The van der Waals surface area contributed by atoms with E-state index in [0.717, 1.165) is 4.90 Å². The minimum Gasteiger partial charge on any atom is -0.392 e. The molecule has 0 aliphatic rings. The molecule has 112 valence electrons. The van der Waals surface area contributed by atoms with Gasteiger partial charge < -0.3 is 10.6 Å². The first-order valence-electron chi connectivity index (χ1n) is 6.19. The molecular weight excluding hydrogens is 277 g/mol. The summed E-state index contributed by atoms with van der Waals surface area (Å²) < 4.78 is 37.7. The van der Waals surface area contributed by atoms with Crippen LogP contribution in [0.2, 0.25) is 0 Å². The molecule has 2 N–H and O–H groups in total. The van der Waals surface area contributed by atoms with Crippen molar-refractivity contribution in [2.24, 2.45) is 11.1 Å². The zero-order chi connectivity index (χ0) is 15.4. The van der Waals surface area contributed by atoms with E-state index in [9.17, 15) is 18.0 Å². The Morgan fingerprint density at radius 3 is 1.89 bits per heavy atom. The Morgan fingerprint density at radius 1 is 1.26 bits per heavy atom. The lowest BCUT2D eigenvalue weighted by Crippen LogP contribution is -2.54. The molecule has 3 nitrogen and oxygen atoms in total.